The zero-order valence-corrected chi connectivity index (χ0v) is 11.4. The molecule has 1 aromatic rings. The average molecular weight is 271 g/mol. The van der Waals surface area contributed by atoms with Gasteiger partial charge in [0, 0.05) is 13.6 Å². The maximum absolute atomic E-state index is 11.9. The van der Waals surface area contributed by atoms with Gasteiger partial charge in [0.05, 0.1) is 12.8 Å². The van der Waals surface area contributed by atoms with Gasteiger partial charge in [-0.15, -0.1) is 11.3 Å². The molecule has 1 rings (SSSR count). The van der Waals surface area contributed by atoms with Crippen molar-refractivity contribution in [2.45, 2.75) is 13.3 Å². The number of hydrogen-bond donors (Lipinski definition) is 3. The summed E-state index contributed by atoms with van der Waals surface area (Å²) in [6.07, 6.45) is 0.833. The fourth-order valence-electron chi connectivity index (χ4n) is 1.41. The number of anilines is 2. The lowest BCUT2D eigenvalue weighted by Gasteiger charge is -2.03. The summed E-state index contributed by atoms with van der Waals surface area (Å²) in [5, 5.41) is 6.09. The number of carbonyl (C=O) groups is 2. The van der Waals surface area contributed by atoms with Crippen LogP contribution in [0.5, 0.6) is 0 Å². The second-order valence-corrected chi connectivity index (χ2v) is 4.57. The number of nitrogens with one attached hydrogen (secondary N) is 2. The van der Waals surface area contributed by atoms with Crippen LogP contribution in [0.4, 0.5) is 10.7 Å². The number of methoxy groups -OCH3 is 1. The molecule has 0 atom stereocenters. The number of nitrogen functional groups attached to an aromatic ring is 1. The highest BCUT2D eigenvalue weighted by Crippen LogP contribution is 2.35. The number of nitrogens with two attached hydrogens (primary N) is 1. The highest BCUT2D eigenvalue weighted by Gasteiger charge is 2.25. The first-order valence-electron chi connectivity index (χ1n) is 5.53. The highest BCUT2D eigenvalue weighted by atomic mass is 32.1. The first kappa shape index (κ1) is 14.3. The number of esters is 1. The maximum Gasteiger partial charge on any atom is 0.343 e. The normalized spacial score (nSPS) is 9.94. The van der Waals surface area contributed by atoms with E-state index in [1.54, 1.807) is 7.05 Å². The minimum Gasteiger partial charge on any atom is -0.465 e. The molecule has 0 bridgehead atoms. The Balaban J connectivity index is 3.12. The van der Waals surface area contributed by atoms with Crippen molar-refractivity contribution in [1.82, 2.24) is 5.32 Å². The SMILES string of the molecule is CCCNC(=O)c1sc(NC)c(C(=O)OC)c1N. The Morgan fingerprint density at radius 1 is 1.44 bits per heavy atom. The Kier molecular flexibility index (Phi) is 4.96. The molecule has 0 fully saturated rings. The standard InChI is InChI=1S/C11H17N3O3S/c1-4-5-14-9(15)8-7(12)6(11(16)17-3)10(13-2)18-8/h13H,4-5,12H2,1-3H3,(H,14,15). The summed E-state index contributed by atoms with van der Waals surface area (Å²) in [7, 11) is 2.93. The molecule has 0 saturated heterocycles. The van der Waals surface area contributed by atoms with Crippen LogP contribution in [0.15, 0.2) is 0 Å². The molecule has 18 heavy (non-hydrogen) atoms. The van der Waals surface area contributed by atoms with Crippen molar-refractivity contribution < 1.29 is 14.3 Å². The van der Waals surface area contributed by atoms with E-state index in [4.69, 9.17) is 5.73 Å². The summed E-state index contributed by atoms with van der Waals surface area (Å²) in [6.45, 7) is 2.52. The lowest BCUT2D eigenvalue weighted by molar-refractivity contribution is 0.0603. The average Bonchev–Trinajstić information content (AvgIpc) is 2.72. The number of thiophene rings is 1. The molecule has 100 valence electrons. The van der Waals surface area contributed by atoms with Gasteiger partial charge >= 0.3 is 5.97 Å². The second kappa shape index (κ2) is 6.25. The highest BCUT2D eigenvalue weighted by molar-refractivity contribution is 7.19. The quantitative estimate of drug-likeness (QED) is 0.702. The lowest BCUT2D eigenvalue weighted by Crippen LogP contribution is -2.24. The Morgan fingerprint density at radius 2 is 2.11 bits per heavy atom. The van der Waals surface area contributed by atoms with Gasteiger partial charge in [-0.05, 0) is 6.42 Å². The molecule has 0 aliphatic heterocycles. The van der Waals surface area contributed by atoms with Crippen LogP contribution in [0.1, 0.15) is 33.4 Å². The minimum atomic E-state index is -0.553. The number of ether oxygens (including phenoxy) is 1. The van der Waals surface area contributed by atoms with Crippen molar-refractivity contribution in [2.75, 3.05) is 31.8 Å². The molecule has 6 nitrogen and oxygen atoms in total. The molecule has 4 N–H and O–H groups in total. The minimum absolute atomic E-state index is 0.157. The zero-order valence-electron chi connectivity index (χ0n) is 10.6. The van der Waals surface area contributed by atoms with E-state index in [0.29, 0.717) is 16.4 Å². The molecule has 1 aromatic heterocycles. The summed E-state index contributed by atoms with van der Waals surface area (Å²) >= 11 is 1.14. The van der Waals surface area contributed by atoms with E-state index < -0.39 is 5.97 Å². The first-order chi connectivity index (χ1) is 8.56. The lowest BCUT2D eigenvalue weighted by atomic mass is 10.2. The largest absolute Gasteiger partial charge is 0.465 e. The molecule has 0 aromatic carbocycles. The van der Waals surface area contributed by atoms with Crippen LogP contribution in [-0.4, -0.2) is 32.6 Å². The Hall–Kier alpha value is -1.76. The van der Waals surface area contributed by atoms with Crippen LogP contribution in [0.3, 0.4) is 0 Å². The fraction of sp³-hybridized carbons (Fsp3) is 0.455. The van der Waals surface area contributed by atoms with Gasteiger partial charge in [0.15, 0.2) is 0 Å². The van der Waals surface area contributed by atoms with Gasteiger partial charge in [-0.2, -0.15) is 0 Å². The van der Waals surface area contributed by atoms with Crippen LogP contribution >= 0.6 is 11.3 Å². The van der Waals surface area contributed by atoms with E-state index in [1.807, 2.05) is 6.92 Å². The summed E-state index contributed by atoms with van der Waals surface area (Å²) in [6, 6.07) is 0. The smallest absolute Gasteiger partial charge is 0.343 e. The van der Waals surface area contributed by atoms with Crippen LogP contribution in [0.25, 0.3) is 0 Å². The molecule has 0 radical (unpaired) electrons. The number of hydrogen-bond acceptors (Lipinski definition) is 6. The molecule has 0 aliphatic carbocycles. The maximum atomic E-state index is 11.9. The van der Waals surface area contributed by atoms with Gasteiger partial charge in [-0.1, -0.05) is 6.92 Å². The van der Waals surface area contributed by atoms with Crippen molar-refractivity contribution in [3.63, 3.8) is 0 Å². The molecule has 7 heteroatoms. The van der Waals surface area contributed by atoms with E-state index in [1.165, 1.54) is 7.11 Å². The third kappa shape index (κ3) is 2.73. The molecule has 0 saturated carbocycles. The predicted octanol–water partition coefficient (Wildman–Crippen LogP) is 1.30. The molecular formula is C11H17N3O3S. The molecule has 0 unspecified atom stereocenters. The molecule has 1 amide bonds. The molecule has 1 heterocycles. The van der Waals surface area contributed by atoms with Crippen molar-refractivity contribution in [2.24, 2.45) is 0 Å². The van der Waals surface area contributed by atoms with Gasteiger partial charge < -0.3 is 21.1 Å². The van der Waals surface area contributed by atoms with Gasteiger partial charge in [0.2, 0.25) is 0 Å². The summed E-state index contributed by atoms with van der Waals surface area (Å²) in [5.74, 6) is -0.825. The van der Waals surface area contributed by atoms with Crippen LogP contribution in [-0.2, 0) is 4.74 Å². The third-order valence-electron chi connectivity index (χ3n) is 2.30. The number of amides is 1. The summed E-state index contributed by atoms with van der Waals surface area (Å²) < 4.78 is 4.65. The van der Waals surface area contributed by atoms with E-state index >= 15 is 0 Å². The molecule has 0 spiro atoms. The number of carbonyl (C=O) groups excluding carboxylic acids is 2. The van der Waals surface area contributed by atoms with Gasteiger partial charge in [0.1, 0.15) is 15.4 Å². The third-order valence-corrected chi connectivity index (χ3v) is 3.53. The van der Waals surface area contributed by atoms with E-state index in [9.17, 15) is 9.59 Å². The van der Waals surface area contributed by atoms with Crippen LogP contribution < -0.4 is 16.4 Å². The summed E-state index contributed by atoms with van der Waals surface area (Å²) in [4.78, 5) is 23.8. The Morgan fingerprint density at radius 3 is 2.61 bits per heavy atom. The fourth-order valence-corrected chi connectivity index (χ4v) is 2.39. The predicted molar refractivity (Wildman–Crippen MR) is 72.2 cm³/mol. The van der Waals surface area contributed by atoms with Crippen molar-refractivity contribution in [3.8, 4) is 0 Å². The van der Waals surface area contributed by atoms with Gasteiger partial charge in [0.25, 0.3) is 5.91 Å². The molecule has 0 aliphatic rings. The van der Waals surface area contributed by atoms with E-state index in [-0.39, 0.29) is 17.2 Å². The van der Waals surface area contributed by atoms with Gasteiger partial charge in [-0.25, -0.2) is 4.79 Å². The van der Waals surface area contributed by atoms with E-state index in [0.717, 1.165) is 17.8 Å². The molecular weight excluding hydrogens is 254 g/mol. The first-order valence-corrected chi connectivity index (χ1v) is 6.34. The topological polar surface area (TPSA) is 93.5 Å². The van der Waals surface area contributed by atoms with Crippen molar-refractivity contribution in [3.05, 3.63) is 10.4 Å². The van der Waals surface area contributed by atoms with Crippen LogP contribution in [0, 0.1) is 0 Å². The van der Waals surface area contributed by atoms with Crippen LogP contribution in [0.2, 0.25) is 0 Å². The number of rotatable bonds is 5. The van der Waals surface area contributed by atoms with Crippen molar-refractivity contribution in [1.29, 1.82) is 0 Å². The van der Waals surface area contributed by atoms with Gasteiger partial charge in [-0.3, -0.25) is 4.79 Å². The zero-order chi connectivity index (χ0) is 13.7. The van der Waals surface area contributed by atoms with E-state index in [2.05, 4.69) is 15.4 Å². The Labute approximate surface area is 110 Å². The Bertz CT molecular complexity index is 457. The van der Waals surface area contributed by atoms with Crippen molar-refractivity contribution >= 4 is 33.9 Å². The monoisotopic (exact) mass is 271 g/mol. The second-order valence-electron chi connectivity index (χ2n) is 3.55. The summed E-state index contributed by atoms with van der Waals surface area (Å²) in [5.41, 5.74) is 6.21.